The van der Waals surface area contributed by atoms with Gasteiger partial charge < -0.3 is 20.1 Å². The Balaban J connectivity index is 1.75. The summed E-state index contributed by atoms with van der Waals surface area (Å²) in [6, 6.07) is 8.77. The van der Waals surface area contributed by atoms with Crippen LogP contribution in [0.5, 0.6) is 5.75 Å². The van der Waals surface area contributed by atoms with Crippen LogP contribution in [-0.4, -0.2) is 70.9 Å². The summed E-state index contributed by atoms with van der Waals surface area (Å²) in [6.07, 6.45) is 0.0255. The van der Waals surface area contributed by atoms with Gasteiger partial charge >= 0.3 is 12.1 Å². The number of nitrogens with one attached hydrogen (secondary N) is 1. The van der Waals surface area contributed by atoms with E-state index in [1.165, 1.54) is 25.1 Å². The number of carbonyl (C=O) groups is 3. The van der Waals surface area contributed by atoms with Crippen molar-refractivity contribution in [2.45, 2.75) is 82.4 Å². The Morgan fingerprint density at radius 2 is 1.61 bits per heavy atom. The Morgan fingerprint density at radius 1 is 1.05 bits per heavy atom. The van der Waals surface area contributed by atoms with E-state index < -0.39 is 39.6 Å². The number of carboxylic acid groups (broad SMARTS) is 1. The molecule has 0 bridgehead atoms. The number of nitrogens with zero attached hydrogens (tertiary/aromatic N) is 2. The zero-order valence-corrected chi connectivity index (χ0v) is 25.9. The van der Waals surface area contributed by atoms with Crippen LogP contribution >= 0.6 is 23.2 Å². The van der Waals surface area contributed by atoms with E-state index >= 15 is 0 Å². The van der Waals surface area contributed by atoms with Crippen LogP contribution < -0.4 is 10.1 Å². The maximum Gasteiger partial charge on any atom is 0.415 e. The van der Waals surface area contributed by atoms with Crippen molar-refractivity contribution >= 4 is 51.2 Å². The third-order valence-electron chi connectivity index (χ3n) is 6.98. The molecule has 0 radical (unpaired) electrons. The summed E-state index contributed by atoms with van der Waals surface area (Å²) in [5.74, 6) is -1.72. The van der Waals surface area contributed by atoms with Crippen LogP contribution in [0.4, 0.5) is 4.79 Å². The molecule has 1 aliphatic rings. The van der Waals surface area contributed by atoms with Crippen LogP contribution in [0.2, 0.25) is 10.0 Å². The fraction of sp³-hybridized carbons (Fsp3) is 0.464. The molecule has 1 aliphatic heterocycles. The van der Waals surface area contributed by atoms with E-state index in [4.69, 9.17) is 27.9 Å². The van der Waals surface area contributed by atoms with Crippen molar-refractivity contribution < 1.29 is 32.6 Å². The molecule has 3 rings (SSSR count). The van der Waals surface area contributed by atoms with Gasteiger partial charge in [0.05, 0.1) is 4.90 Å². The fourth-order valence-electron chi connectivity index (χ4n) is 4.97. The second-order valence-corrected chi connectivity index (χ2v) is 13.5. The Labute approximate surface area is 250 Å². The number of halogens is 2. The number of ether oxygens (including phenoxy) is 1. The molecule has 0 spiro atoms. The second kappa shape index (κ2) is 13.0. The molecule has 41 heavy (non-hydrogen) atoms. The Bertz CT molecular complexity index is 1370. The number of hydrogen-bond acceptors (Lipinski definition) is 6. The van der Waals surface area contributed by atoms with E-state index in [1.807, 2.05) is 27.7 Å². The van der Waals surface area contributed by atoms with Crippen LogP contribution in [0, 0.1) is 0 Å². The summed E-state index contributed by atoms with van der Waals surface area (Å²) in [4.78, 5) is 39.5. The molecule has 1 fully saturated rings. The van der Waals surface area contributed by atoms with Gasteiger partial charge in [0.2, 0.25) is 15.9 Å². The first-order chi connectivity index (χ1) is 19.1. The normalized spacial score (nSPS) is 18.4. The number of carbonyl (C=O) groups excluding carboxylic acids is 2. The summed E-state index contributed by atoms with van der Waals surface area (Å²) in [6.45, 7) is 9.09. The Kier molecular flexibility index (Phi) is 10.3. The predicted molar refractivity (Wildman–Crippen MR) is 156 cm³/mol. The zero-order chi connectivity index (χ0) is 30.7. The zero-order valence-electron chi connectivity index (χ0n) is 23.6. The molecular formula is C28H35Cl2N3O7S. The lowest BCUT2D eigenvalue weighted by atomic mass is 9.97. The van der Waals surface area contributed by atoms with E-state index in [0.29, 0.717) is 17.7 Å². The van der Waals surface area contributed by atoms with Gasteiger partial charge in [-0.15, -0.1) is 0 Å². The third kappa shape index (κ3) is 7.51. The minimum Gasteiger partial charge on any atom is -0.480 e. The first-order valence-corrected chi connectivity index (χ1v) is 15.4. The summed E-state index contributed by atoms with van der Waals surface area (Å²) < 4.78 is 33.5. The molecule has 1 heterocycles. The van der Waals surface area contributed by atoms with E-state index in [0.717, 1.165) is 4.31 Å². The topological polar surface area (TPSA) is 133 Å². The van der Waals surface area contributed by atoms with Crippen molar-refractivity contribution in [2.75, 3.05) is 6.54 Å². The molecule has 2 N–H and O–H groups in total. The van der Waals surface area contributed by atoms with Gasteiger partial charge in [-0.3, -0.25) is 4.79 Å². The molecule has 10 nitrogen and oxygen atoms in total. The highest BCUT2D eigenvalue weighted by atomic mass is 35.5. The van der Waals surface area contributed by atoms with Crippen LogP contribution in [-0.2, 0) is 26.0 Å². The van der Waals surface area contributed by atoms with Gasteiger partial charge in [-0.2, -0.15) is 4.31 Å². The summed E-state index contributed by atoms with van der Waals surface area (Å²) in [5, 5.41) is 12.6. The van der Waals surface area contributed by atoms with Crippen LogP contribution in [0.15, 0.2) is 47.4 Å². The number of aliphatic carboxylic acids is 1. The van der Waals surface area contributed by atoms with Crippen molar-refractivity contribution in [3.8, 4) is 5.75 Å². The van der Waals surface area contributed by atoms with E-state index in [9.17, 15) is 27.9 Å². The lowest BCUT2D eigenvalue weighted by Crippen LogP contribution is -2.58. The second-order valence-electron chi connectivity index (χ2n) is 10.7. The molecule has 2 amide bonds. The molecule has 224 valence electrons. The number of rotatable bonds is 10. The molecule has 1 unspecified atom stereocenters. The molecule has 2 atom stereocenters. The Hall–Kier alpha value is -2.86. The molecule has 0 aromatic heterocycles. The molecule has 13 heteroatoms. The average Bonchev–Trinajstić information content (AvgIpc) is 3.27. The van der Waals surface area contributed by atoms with Crippen molar-refractivity contribution in [3.63, 3.8) is 0 Å². The smallest absolute Gasteiger partial charge is 0.415 e. The highest BCUT2D eigenvalue weighted by Gasteiger charge is 2.50. The number of amides is 2. The lowest BCUT2D eigenvalue weighted by molar-refractivity contribution is -0.143. The first-order valence-electron chi connectivity index (χ1n) is 13.2. The molecule has 1 saturated heterocycles. The summed E-state index contributed by atoms with van der Waals surface area (Å²) in [5.41, 5.74) is -0.963. The van der Waals surface area contributed by atoms with Gasteiger partial charge in [0.25, 0.3) is 0 Å². The highest BCUT2D eigenvalue weighted by molar-refractivity contribution is 7.89. The first kappa shape index (κ1) is 32.7. The summed E-state index contributed by atoms with van der Waals surface area (Å²) >= 11 is 12.0. The molecule has 2 aromatic rings. The van der Waals surface area contributed by atoms with E-state index in [1.54, 1.807) is 29.2 Å². The molecule has 0 aliphatic carbocycles. The van der Waals surface area contributed by atoms with Crippen LogP contribution in [0.25, 0.3) is 0 Å². The maximum atomic E-state index is 13.5. The number of sulfonamides is 1. The van der Waals surface area contributed by atoms with Crippen LogP contribution in [0.3, 0.4) is 0 Å². The third-order valence-corrected chi connectivity index (χ3v) is 9.42. The van der Waals surface area contributed by atoms with Crippen molar-refractivity contribution in [1.82, 2.24) is 14.5 Å². The monoisotopic (exact) mass is 627 g/mol. The van der Waals surface area contributed by atoms with Crippen molar-refractivity contribution in [2.24, 2.45) is 0 Å². The standard InChI is InChI=1S/C28H35Cl2N3O7S/c1-17(2)33(18(3)4)27(37)40-22-9-7-19(8-10-22)13-24(25(34)35)31-26(36)28(5)11-6-12-32(28)41(38,39)23-15-20(29)14-21(30)16-23/h7-10,14-18,24H,6,11-13H2,1-5H3,(H,31,36)(H,34,35)/t24?,28-/m0/s1. The highest BCUT2D eigenvalue weighted by Crippen LogP contribution is 2.36. The van der Waals surface area contributed by atoms with Gasteiger partial charge in [0.1, 0.15) is 17.3 Å². The van der Waals surface area contributed by atoms with Crippen molar-refractivity contribution in [1.29, 1.82) is 0 Å². The lowest BCUT2D eigenvalue weighted by Gasteiger charge is -2.34. The summed E-state index contributed by atoms with van der Waals surface area (Å²) in [7, 11) is -4.17. The molecule has 0 saturated carbocycles. The quantitative estimate of drug-likeness (QED) is 0.380. The fourth-order valence-corrected chi connectivity index (χ4v) is 7.51. The number of carboxylic acids is 1. The van der Waals surface area contributed by atoms with Crippen molar-refractivity contribution in [3.05, 3.63) is 58.1 Å². The van der Waals surface area contributed by atoms with E-state index in [-0.39, 0.29) is 46.4 Å². The van der Waals surface area contributed by atoms with Crippen LogP contribution in [0.1, 0.15) is 53.0 Å². The van der Waals surface area contributed by atoms with Gasteiger partial charge in [-0.05, 0) is 83.4 Å². The molecule has 2 aromatic carbocycles. The van der Waals surface area contributed by atoms with Gasteiger partial charge in [0, 0.05) is 35.1 Å². The Morgan fingerprint density at radius 3 is 2.12 bits per heavy atom. The minimum atomic E-state index is -4.17. The van der Waals surface area contributed by atoms with Gasteiger partial charge in [-0.25, -0.2) is 18.0 Å². The minimum absolute atomic E-state index is 0.0577. The van der Waals surface area contributed by atoms with Gasteiger partial charge in [0.15, 0.2) is 0 Å². The SMILES string of the molecule is CC(C)N(C(=O)Oc1ccc(CC(NC(=O)[C@]2(C)CCCN2S(=O)(=O)c2cc(Cl)cc(Cl)c2)C(=O)O)cc1)C(C)C. The average molecular weight is 629 g/mol. The maximum absolute atomic E-state index is 13.5. The van der Waals surface area contributed by atoms with E-state index in [2.05, 4.69) is 5.32 Å². The number of benzene rings is 2. The van der Waals surface area contributed by atoms with Gasteiger partial charge in [-0.1, -0.05) is 35.3 Å². The predicted octanol–water partition coefficient (Wildman–Crippen LogP) is 4.97. The number of hydrogen-bond donors (Lipinski definition) is 2. The molecular weight excluding hydrogens is 593 g/mol. The largest absolute Gasteiger partial charge is 0.480 e.